The van der Waals surface area contributed by atoms with Gasteiger partial charge in [0.05, 0.1) is 18.4 Å². The van der Waals surface area contributed by atoms with Crippen molar-refractivity contribution in [3.63, 3.8) is 0 Å². The number of aromatic nitrogens is 4. The van der Waals surface area contributed by atoms with Gasteiger partial charge in [0.15, 0.2) is 0 Å². The van der Waals surface area contributed by atoms with Crippen molar-refractivity contribution in [1.82, 2.24) is 45.6 Å². The highest BCUT2D eigenvalue weighted by atomic mass is 32.2. The summed E-state index contributed by atoms with van der Waals surface area (Å²) in [5.74, 6) is -1.53. The third-order valence-electron chi connectivity index (χ3n) is 11.8. The molecule has 3 aliphatic carbocycles. The maximum atomic E-state index is 14.7. The molecule has 5 aliphatic rings. The number of carbonyl (C=O) groups is 4. The van der Waals surface area contributed by atoms with Gasteiger partial charge >= 0.3 is 6.03 Å². The Morgan fingerprint density at radius 1 is 0.965 bits per heavy atom. The van der Waals surface area contributed by atoms with Crippen molar-refractivity contribution in [1.29, 1.82) is 0 Å². The molecule has 2 aliphatic heterocycles. The zero-order valence-corrected chi connectivity index (χ0v) is 33.5. The molecule has 3 aromatic rings. The van der Waals surface area contributed by atoms with Gasteiger partial charge in [-0.05, 0) is 75.6 Å². The van der Waals surface area contributed by atoms with Crippen LogP contribution in [-0.2, 0) is 24.4 Å². The van der Waals surface area contributed by atoms with E-state index in [1.54, 1.807) is 13.3 Å². The summed E-state index contributed by atoms with van der Waals surface area (Å²) in [6, 6.07) is 4.46. The van der Waals surface area contributed by atoms with Crippen molar-refractivity contribution in [3.05, 3.63) is 48.0 Å². The molecular formula is C39H49N9O7S2. The number of nitrogens with zero attached hydrogens (tertiary/aromatic N) is 5. The number of fused-ring (bicyclic) bond motifs is 2. The average molecular weight is 820 g/mol. The molecular weight excluding hydrogens is 771 g/mol. The number of methoxy groups -OCH3 is 1. The normalized spacial score (nSPS) is 27.6. The number of carbonyl (C=O) groups excluding carboxylic acids is 4. The van der Waals surface area contributed by atoms with E-state index >= 15 is 0 Å². The van der Waals surface area contributed by atoms with E-state index in [0.29, 0.717) is 54.2 Å². The van der Waals surface area contributed by atoms with Gasteiger partial charge in [-0.25, -0.2) is 18.2 Å². The summed E-state index contributed by atoms with van der Waals surface area (Å²) in [7, 11) is -2.30. The SMILES string of the molecule is COc1ccc(-c2nn([C@@H]3C[C@H]4C(=O)N[C@]5(C(=O)NS(=O)(=O)C6CC6)C[C@H]5/C=C/CCCCC[C@@H](NC(=O)NC5CCCC5)C(=O)N4C3)nc2-c2nccs2)cc1. The lowest BCUT2D eigenvalue weighted by molar-refractivity contribution is -0.141. The molecule has 0 unspecified atom stereocenters. The molecule has 8 rings (SSSR count). The topological polar surface area (TPSA) is 207 Å². The van der Waals surface area contributed by atoms with Gasteiger partial charge in [-0.15, -0.1) is 16.4 Å². The minimum absolute atomic E-state index is 0.0409. The molecule has 2 aromatic heterocycles. The van der Waals surface area contributed by atoms with Crippen molar-refractivity contribution in [2.45, 2.75) is 118 Å². The zero-order valence-electron chi connectivity index (χ0n) is 31.9. The van der Waals surface area contributed by atoms with Crippen LogP contribution in [0.2, 0.25) is 0 Å². The molecule has 5 atom stereocenters. The molecule has 1 aromatic carbocycles. The van der Waals surface area contributed by atoms with Crippen LogP contribution in [0.5, 0.6) is 5.75 Å². The lowest BCUT2D eigenvalue weighted by Gasteiger charge is -2.30. The van der Waals surface area contributed by atoms with Crippen LogP contribution >= 0.6 is 11.3 Å². The Labute approximate surface area is 335 Å². The Morgan fingerprint density at radius 2 is 1.72 bits per heavy atom. The van der Waals surface area contributed by atoms with Crippen molar-refractivity contribution in [3.8, 4) is 27.7 Å². The molecule has 0 radical (unpaired) electrons. The van der Waals surface area contributed by atoms with Crippen LogP contribution < -0.4 is 25.4 Å². The first kappa shape index (κ1) is 39.0. The van der Waals surface area contributed by atoms with E-state index in [0.717, 1.165) is 44.1 Å². The maximum absolute atomic E-state index is 14.7. The third-order valence-corrected chi connectivity index (χ3v) is 14.4. The minimum Gasteiger partial charge on any atom is -0.497 e. The highest BCUT2D eigenvalue weighted by Gasteiger charge is 2.62. The number of sulfonamides is 1. The fourth-order valence-corrected chi connectivity index (χ4v) is 10.3. The number of hydrogen-bond donors (Lipinski definition) is 4. The number of benzene rings is 1. The summed E-state index contributed by atoms with van der Waals surface area (Å²) in [5.41, 5.74) is 0.383. The lowest BCUT2D eigenvalue weighted by Crippen LogP contribution is -2.59. The van der Waals surface area contributed by atoms with Crippen LogP contribution in [0.3, 0.4) is 0 Å². The lowest BCUT2D eigenvalue weighted by atomic mass is 10.0. The van der Waals surface area contributed by atoms with E-state index < -0.39 is 68.6 Å². The van der Waals surface area contributed by atoms with Gasteiger partial charge in [-0.3, -0.25) is 19.1 Å². The smallest absolute Gasteiger partial charge is 0.315 e. The van der Waals surface area contributed by atoms with Gasteiger partial charge < -0.3 is 25.6 Å². The van der Waals surface area contributed by atoms with Crippen LogP contribution in [0.1, 0.15) is 89.5 Å². The van der Waals surface area contributed by atoms with E-state index in [4.69, 9.17) is 14.9 Å². The van der Waals surface area contributed by atoms with Gasteiger partial charge in [0.25, 0.3) is 5.91 Å². The molecule has 4 fully saturated rings. The molecule has 18 heteroatoms. The van der Waals surface area contributed by atoms with Crippen LogP contribution in [0.4, 0.5) is 4.79 Å². The number of thiazole rings is 1. The summed E-state index contributed by atoms with van der Waals surface area (Å²) in [5, 5.41) is 20.6. The second-order valence-electron chi connectivity index (χ2n) is 15.8. The van der Waals surface area contributed by atoms with E-state index in [9.17, 15) is 27.6 Å². The first-order valence-electron chi connectivity index (χ1n) is 20.0. The predicted octanol–water partition coefficient (Wildman–Crippen LogP) is 3.83. The fourth-order valence-electron chi connectivity index (χ4n) is 8.31. The first-order chi connectivity index (χ1) is 27.5. The Morgan fingerprint density at radius 3 is 2.44 bits per heavy atom. The Bertz CT molecular complexity index is 2110. The summed E-state index contributed by atoms with van der Waals surface area (Å²) < 4.78 is 33.4. The quantitative estimate of drug-likeness (QED) is 0.230. The molecule has 16 nitrogen and oxygen atoms in total. The van der Waals surface area contributed by atoms with Gasteiger partial charge in [0.1, 0.15) is 39.8 Å². The predicted molar refractivity (Wildman–Crippen MR) is 211 cm³/mol. The van der Waals surface area contributed by atoms with E-state index in [1.165, 1.54) is 21.0 Å². The Balaban J connectivity index is 1.12. The number of urea groups is 1. The molecule has 304 valence electrons. The number of ether oxygens (including phenoxy) is 1. The molecule has 0 spiro atoms. The third kappa shape index (κ3) is 8.42. The second kappa shape index (κ2) is 16.2. The second-order valence-corrected chi connectivity index (χ2v) is 18.7. The van der Waals surface area contributed by atoms with E-state index in [1.807, 2.05) is 41.8 Å². The number of rotatable bonds is 9. The number of nitrogens with one attached hydrogen (secondary N) is 4. The van der Waals surface area contributed by atoms with E-state index in [-0.39, 0.29) is 25.4 Å². The number of hydrogen-bond acceptors (Lipinski definition) is 11. The van der Waals surface area contributed by atoms with Crippen LogP contribution in [0, 0.1) is 5.92 Å². The number of allylic oxidation sites excluding steroid dienone is 1. The summed E-state index contributed by atoms with van der Waals surface area (Å²) >= 11 is 1.41. The molecule has 4 heterocycles. The fraction of sp³-hybridized carbons (Fsp3) is 0.564. The molecule has 1 saturated heterocycles. The molecule has 0 bridgehead atoms. The van der Waals surface area contributed by atoms with Gasteiger partial charge in [0.2, 0.25) is 21.8 Å². The largest absolute Gasteiger partial charge is 0.497 e. The molecule has 5 amide bonds. The maximum Gasteiger partial charge on any atom is 0.315 e. The first-order valence-corrected chi connectivity index (χ1v) is 22.4. The monoisotopic (exact) mass is 819 g/mol. The van der Waals surface area contributed by atoms with Crippen molar-refractivity contribution in [2.75, 3.05) is 13.7 Å². The summed E-state index contributed by atoms with van der Waals surface area (Å²) in [4.78, 5) is 64.0. The zero-order chi connectivity index (χ0) is 39.7. The van der Waals surface area contributed by atoms with Crippen LogP contribution in [-0.4, -0.2) is 99.6 Å². The summed E-state index contributed by atoms with van der Waals surface area (Å²) in [6.45, 7) is 0.0476. The molecule has 4 N–H and O–H groups in total. The average Bonchev–Trinajstić information content (AvgIpc) is 3.76. The standard InChI is InChI=1S/C39H49N9O7S2/c1-55-28-15-13-24(14-16-28)32-33(35-40-19-20-56-35)45-48(44-32)27-21-31-34(49)43-39(37(51)46-57(53,54)29-17-18-29)22-25(39)9-5-3-2-4-6-12-30(36(50)47(31)23-27)42-38(52)41-26-10-7-8-11-26/h5,9,13-16,19-20,25-27,29-31H,2-4,6-8,10-12,17-18,21-23H2,1H3,(H,43,49)(H,46,51)(H2,41,42,52)/b9-5+/t25-,27-,30-,31+,39-/m1/s1. The van der Waals surface area contributed by atoms with Gasteiger partial charge in [-0.1, -0.05) is 37.8 Å². The minimum atomic E-state index is -3.89. The van der Waals surface area contributed by atoms with Gasteiger partial charge in [0, 0.05) is 42.1 Å². The van der Waals surface area contributed by atoms with Crippen molar-refractivity contribution in [2.24, 2.45) is 5.92 Å². The van der Waals surface area contributed by atoms with Crippen molar-refractivity contribution < 1.29 is 32.3 Å². The van der Waals surface area contributed by atoms with Crippen molar-refractivity contribution >= 4 is 45.1 Å². The van der Waals surface area contributed by atoms with Crippen LogP contribution in [0.15, 0.2) is 48.0 Å². The van der Waals surface area contributed by atoms with Gasteiger partial charge in [-0.2, -0.15) is 9.90 Å². The highest BCUT2D eigenvalue weighted by molar-refractivity contribution is 7.91. The summed E-state index contributed by atoms with van der Waals surface area (Å²) in [6.07, 6.45) is 14.0. The molecule has 57 heavy (non-hydrogen) atoms. The van der Waals surface area contributed by atoms with E-state index in [2.05, 4.69) is 25.7 Å². The Kier molecular flexibility index (Phi) is 11.1. The number of amides is 5. The van der Waals surface area contributed by atoms with Crippen LogP contribution in [0.25, 0.3) is 22.0 Å². The Hall–Kier alpha value is -4.84. The highest BCUT2D eigenvalue weighted by Crippen LogP contribution is 2.46. The molecule has 3 saturated carbocycles.